The largest absolute Gasteiger partial charge is 0.384 e. The van der Waals surface area contributed by atoms with Gasteiger partial charge in [0, 0.05) is 37.1 Å². The number of aryl methyl sites for hydroxylation is 1. The van der Waals surface area contributed by atoms with Crippen molar-refractivity contribution in [3.8, 4) is 11.8 Å². The van der Waals surface area contributed by atoms with Crippen molar-refractivity contribution in [2.24, 2.45) is 0 Å². The maximum Gasteiger partial charge on any atom is 0.227 e. The third kappa shape index (κ3) is 4.23. The molecule has 1 amide bonds. The molecule has 0 bridgehead atoms. The minimum absolute atomic E-state index is 0.139. The molecule has 0 atom stereocenters. The Labute approximate surface area is 116 Å². The van der Waals surface area contributed by atoms with Crippen molar-refractivity contribution in [1.82, 2.24) is 14.8 Å². The van der Waals surface area contributed by atoms with E-state index in [-0.39, 0.29) is 12.5 Å². The minimum atomic E-state index is -0.201. The Kier molecular flexibility index (Phi) is 4.87. The molecule has 20 heavy (non-hydrogen) atoms. The number of hydrogen-bond donors (Lipinski definition) is 2. The van der Waals surface area contributed by atoms with Crippen molar-refractivity contribution in [2.45, 2.75) is 13.0 Å². The Hall–Kier alpha value is -2.65. The Morgan fingerprint density at radius 1 is 1.45 bits per heavy atom. The van der Waals surface area contributed by atoms with Crippen LogP contribution < -0.4 is 5.32 Å². The quantitative estimate of drug-likeness (QED) is 0.799. The molecular weight excluding hydrogens is 256 g/mol. The van der Waals surface area contributed by atoms with E-state index in [2.05, 4.69) is 27.2 Å². The monoisotopic (exact) mass is 270 g/mol. The number of hydrogen-bond acceptors (Lipinski definition) is 4. The minimum Gasteiger partial charge on any atom is -0.384 e. The number of rotatable bonds is 4. The van der Waals surface area contributed by atoms with Crippen molar-refractivity contribution >= 4 is 11.7 Å². The van der Waals surface area contributed by atoms with Crippen LogP contribution >= 0.6 is 0 Å². The van der Waals surface area contributed by atoms with E-state index in [1.807, 2.05) is 6.07 Å². The molecule has 2 N–H and O–H groups in total. The third-order valence-corrected chi connectivity index (χ3v) is 2.47. The van der Waals surface area contributed by atoms with Crippen molar-refractivity contribution in [3.63, 3.8) is 0 Å². The Morgan fingerprint density at radius 3 is 3.10 bits per heavy atom. The standard InChI is InChI=1S/C14H14N4O2/c19-10-1-3-12-4-7-15-13(11-12)17-14(20)5-9-18-8-2-6-16-18/h2,4,6-8,11,19H,5,9-10H2,(H,15,17,20). The summed E-state index contributed by atoms with van der Waals surface area (Å²) in [6.07, 6.45) is 5.35. The fourth-order valence-corrected chi connectivity index (χ4v) is 1.57. The van der Waals surface area contributed by atoms with Crippen LogP contribution in [0.5, 0.6) is 0 Å². The van der Waals surface area contributed by atoms with Gasteiger partial charge in [0.05, 0.1) is 0 Å². The van der Waals surface area contributed by atoms with Crippen LogP contribution in [-0.4, -0.2) is 32.4 Å². The van der Waals surface area contributed by atoms with Gasteiger partial charge < -0.3 is 10.4 Å². The summed E-state index contributed by atoms with van der Waals surface area (Å²) in [6, 6.07) is 5.18. The van der Waals surface area contributed by atoms with E-state index in [0.717, 1.165) is 0 Å². The van der Waals surface area contributed by atoms with Gasteiger partial charge in [-0.05, 0) is 18.2 Å². The van der Waals surface area contributed by atoms with Gasteiger partial charge in [-0.25, -0.2) is 4.98 Å². The number of pyridine rings is 1. The highest BCUT2D eigenvalue weighted by atomic mass is 16.2. The van der Waals surface area contributed by atoms with Crippen LogP contribution in [0.3, 0.4) is 0 Å². The number of carbonyl (C=O) groups is 1. The first-order valence-electron chi connectivity index (χ1n) is 6.11. The van der Waals surface area contributed by atoms with E-state index >= 15 is 0 Å². The zero-order chi connectivity index (χ0) is 14.2. The summed E-state index contributed by atoms with van der Waals surface area (Å²) < 4.78 is 1.69. The summed E-state index contributed by atoms with van der Waals surface area (Å²) in [4.78, 5) is 15.8. The van der Waals surface area contributed by atoms with Gasteiger partial charge in [-0.15, -0.1) is 0 Å². The molecule has 6 nitrogen and oxygen atoms in total. The lowest BCUT2D eigenvalue weighted by molar-refractivity contribution is -0.116. The molecule has 6 heteroatoms. The summed E-state index contributed by atoms with van der Waals surface area (Å²) in [5.74, 6) is 5.61. The smallest absolute Gasteiger partial charge is 0.227 e. The van der Waals surface area contributed by atoms with Crippen molar-refractivity contribution in [2.75, 3.05) is 11.9 Å². The number of aromatic nitrogens is 3. The Bertz CT molecular complexity index is 626. The van der Waals surface area contributed by atoms with E-state index in [9.17, 15) is 4.79 Å². The maximum atomic E-state index is 11.8. The normalized spacial score (nSPS) is 9.65. The second-order valence-electron chi connectivity index (χ2n) is 3.96. The van der Waals surface area contributed by atoms with E-state index in [4.69, 9.17) is 5.11 Å². The first kappa shape index (κ1) is 13.8. The van der Waals surface area contributed by atoms with Gasteiger partial charge in [0.1, 0.15) is 12.4 Å². The molecule has 2 aromatic rings. The maximum absolute atomic E-state index is 11.8. The fourth-order valence-electron chi connectivity index (χ4n) is 1.57. The third-order valence-electron chi connectivity index (χ3n) is 2.47. The molecule has 102 valence electrons. The topological polar surface area (TPSA) is 80.0 Å². The summed E-state index contributed by atoms with van der Waals surface area (Å²) >= 11 is 0. The lowest BCUT2D eigenvalue weighted by Gasteiger charge is -2.04. The number of nitrogens with zero attached hydrogens (tertiary/aromatic N) is 3. The second-order valence-corrected chi connectivity index (χ2v) is 3.96. The molecule has 2 heterocycles. The van der Waals surface area contributed by atoms with Gasteiger partial charge in [-0.3, -0.25) is 9.48 Å². The number of anilines is 1. The van der Waals surface area contributed by atoms with Crippen LogP contribution in [0.15, 0.2) is 36.8 Å². The van der Waals surface area contributed by atoms with Crippen molar-refractivity contribution in [3.05, 3.63) is 42.4 Å². The highest BCUT2D eigenvalue weighted by molar-refractivity contribution is 5.89. The van der Waals surface area contributed by atoms with E-state index in [1.54, 1.807) is 35.4 Å². The molecule has 2 rings (SSSR count). The highest BCUT2D eigenvalue weighted by Crippen LogP contribution is 2.06. The molecule has 2 aromatic heterocycles. The number of aliphatic hydroxyl groups excluding tert-OH is 1. The van der Waals surface area contributed by atoms with Gasteiger partial charge in [0.2, 0.25) is 5.91 Å². The first-order valence-corrected chi connectivity index (χ1v) is 6.11. The van der Waals surface area contributed by atoms with E-state index in [0.29, 0.717) is 24.3 Å². The van der Waals surface area contributed by atoms with Gasteiger partial charge in [-0.2, -0.15) is 5.10 Å². The van der Waals surface area contributed by atoms with Crippen LogP contribution in [0.4, 0.5) is 5.82 Å². The molecule has 0 aliphatic heterocycles. The van der Waals surface area contributed by atoms with Crippen molar-refractivity contribution in [1.29, 1.82) is 0 Å². The van der Waals surface area contributed by atoms with E-state index in [1.165, 1.54) is 0 Å². The van der Waals surface area contributed by atoms with Gasteiger partial charge in [0.15, 0.2) is 0 Å². The molecule has 0 aromatic carbocycles. The molecule has 0 saturated heterocycles. The summed E-state index contributed by atoms with van der Waals surface area (Å²) in [5, 5.41) is 15.4. The molecule has 0 aliphatic rings. The lowest BCUT2D eigenvalue weighted by Crippen LogP contribution is -2.15. The average molecular weight is 270 g/mol. The predicted octanol–water partition coefficient (Wildman–Crippen LogP) is 0.651. The number of amides is 1. The Balaban J connectivity index is 1.90. The zero-order valence-electron chi connectivity index (χ0n) is 10.8. The molecule has 0 spiro atoms. The van der Waals surface area contributed by atoms with Gasteiger partial charge in [-0.1, -0.05) is 11.8 Å². The van der Waals surface area contributed by atoms with Gasteiger partial charge in [0.25, 0.3) is 0 Å². The van der Waals surface area contributed by atoms with Crippen LogP contribution in [0.1, 0.15) is 12.0 Å². The summed E-state index contributed by atoms with van der Waals surface area (Å²) in [6.45, 7) is 0.316. The second kappa shape index (κ2) is 7.07. The lowest BCUT2D eigenvalue weighted by atomic mass is 10.2. The van der Waals surface area contributed by atoms with Crippen LogP contribution in [-0.2, 0) is 11.3 Å². The number of nitrogens with one attached hydrogen (secondary N) is 1. The van der Waals surface area contributed by atoms with Crippen LogP contribution in [0.25, 0.3) is 0 Å². The summed E-state index contributed by atoms with van der Waals surface area (Å²) in [7, 11) is 0. The molecule has 0 fully saturated rings. The predicted molar refractivity (Wildman–Crippen MR) is 73.7 cm³/mol. The van der Waals surface area contributed by atoms with E-state index < -0.39 is 0 Å². The first-order chi connectivity index (χ1) is 9.78. The van der Waals surface area contributed by atoms with Gasteiger partial charge >= 0.3 is 0 Å². The zero-order valence-corrected chi connectivity index (χ0v) is 10.8. The molecule has 0 unspecified atom stereocenters. The SMILES string of the molecule is O=C(CCn1cccn1)Nc1cc(C#CCO)ccn1. The molecule has 0 aliphatic carbocycles. The average Bonchev–Trinajstić information content (AvgIpc) is 2.97. The fraction of sp³-hybridized carbons (Fsp3) is 0.214. The molecule has 0 radical (unpaired) electrons. The Morgan fingerprint density at radius 2 is 2.35 bits per heavy atom. The van der Waals surface area contributed by atoms with Crippen LogP contribution in [0.2, 0.25) is 0 Å². The number of carbonyl (C=O) groups excluding carboxylic acids is 1. The highest BCUT2D eigenvalue weighted by Gasteiger charge is 2.04. The number of aliphatic hydroxyl groups is 1. The van der Waals surface area contributed by atoms with Crippen molar-refractivity contribution < 1.29 is 9.90 Å². The van der Waals surface area contributed by atoms with Crippen LogP contribution in [0, 0.1) is 11.8 Å². The molecule has 0 saturated carbocycles. The summed E-state index contributed by atoms with van der Waals surface area (Å²) in [5.41, 5.74) is 0.691. The molecular formula is C14H14N4O2.